The summed E-state index contributed by atoms with van der Waals surface area (Å²) in [5.74, 6) is 5.23. The number of piperidine rings is 1. The number of nitrogens with zero attached hydrogens (tertiary/aromatic N) is 1. The van der Waals surface area contributed by atoms with Crippen molar-refractivity contribution < 1.29 is 9.90 Å². The van der Waals surface area contributed by atoms with Crippen molar-refractivity contribution in [1.29, 1.82) is 0 Å². The number of aliphatic hydroxyl groups excluding tert-OH is 1. The van der Waals surface area contributed by atoms with Crippen LogP contribution in [0.15, 0.2) is 0 Å². The first kappa shape index (κ1) is 12.4. The van der Waals surface area contributed by atoms with Gasteiger partial charge in [-0.2, -0.15) is 0 Å². The smallest absolute Gasteiger partial charge is 0.237 e. The molecule has 15 heavy (non-hydrogen) atoms. The Labute approximate surface area is 90.6 Å². The average molecular weight is 215 g/mol. The highest BCUT2D eigenvalue weighted by atomic mass is 16.3. The van der Waals surface area contributed by atoms with Crippen LogP contribution in [0.5, 0.6) is 0 Å². The fraction of sp³-hybridized carbons (Fsp3) is 0.900. The highest BCUT2D eigenvalue weighted by Gasteiger charge is 2.22. The van der Waals surface area contributed by atoms with Crippen LogP contribution >= 0.6 is 0 Å². The van der Waals surface area contributed by atoms with Crippen molar-refractivity contribution in [3.8, 4) is 0 Å². The molecule has 2 unspecified atom stereocenters. The number of hydrogen-bond acceptors (Lipinski definition) is 4. The largest absolute Gasteiger partial charge is 0.396 e. The predicted octanol–water partition coefficient (Wildman–Crippen LogP) is -0.683. The molecule has 4 N–H and O–H groups in total. The van der Waals surface area contributed by atoms with E-state index in [1.54, 1.807) is 0 Å². The van der Waals surface area contributed by atoms with Crippen LogP contribution in [0.3, 0.4) is 0 Å². The fourth-order valence-electron chi connectivity index (χ4n) is 2.08. The van der Waals surface area contributed by atoms with Crippen LogP contribution in [0.4, 0.5) is 0 Å². The van der Waals surface area contributed by atoms with Gasteiger partial charge in [0.05, 0.1) is 0 Å². The number of likely N-dealkylation sites (tertiary alicyclic amines) is 1. The minimum atomic E-state index is -0.124. The van der Waals surface area contributed by atoms with E-state index < -0.39 is 0 Å². The Kier molecular flexibility index (Phi) is 5.01. The van der Waals surface area contributed by atoms with Gasteiger partial charge in [-0.25, -0.2) is 5.84 Å². The maximum Gasteiger partial charge on any atom is 0.237 e. The fourth-order valence-corrected chi connectivity index (χ4v) is 2.08. The summed E-state index contributed by atoms with van der Waals surface area (Å²) in [6, 6.07) is 0. The van der Waals surface area contributed by atoms with Gasteiger partial charge in [-0.15, -0.1) is 0 Å². The van der Waals surface area contributed by atoms with Crippen LogP contribution in [0.25, 0.3) is 0 Å². The second-order valence-electron chi connectivity index (χ2n) is 4.36. The molecule has 1 saturated heterocycles. The average Bonchev–Trinajstić information content (AvgIpc) is 2.28. The number of carbonyl (C=O) groups is 1. The summed E-state index contributed by atoms with van der Waals surface area (Å²) in [5, 5.41) is 9.07. The summed E-state index contributed by atoms with van der Waals surface area (Å²) < 4.78 is 0. The number of hydrogen-bond donors (Lipinski definition) is 3. The van der Waals surface area contributed by atoms with Crippen LogP contribution in [0.2, 0.25) is 0 Å². The number of nitrogens with two attached hydrogens (primary N) is 1. The third-order valence-corrected chi connectivity index (χ3v) is 2.98. The minimum absolute atomic E-state index is 0.0903. The minimum Gasteiger partial charge on any atom is -0.396 e. The molecule has 0 aromatic heterocycles. The second kappa shape index (κ2) is 6.05. The zero-order chi connectivity index (χ0) is 11.3. The molecule has 0 aliphatic carbocycles. The van der Waals surface area contributed by atoms with E-state index >= 15 is 0 Å². The maximum absolute atomic E-state index is 11.2. The molecule has 1 aliphatic rings. The lowest BCUT2D eigenvalue weighted by molar-refractivity contribution is -0.125. The van der Waals surface area contributed by atoms with Crippen LogP contribution < -0.4 is 11.3 Å². The van der Waals surface area contributed by atoms with Gasteiger partial charge < -0.3 is 10.0 Å². The van der Waals surface area contributed by atoms with Gasteiger partial charge >= 0.3 is 0 Å². The Morgan fingerprint density at radius 1 is 1.73 bits per heavy atom. The van der Waals surface area contributed by atoms with Gasteiger partial charge in [-0.3, -0.25) is 10.2 Å². The number of aliphatic hydroxyl groups is 1. The Hall–Kier alpha value is -0.650. The third kappa shape index (κ3) is 3.77. The number of hydrazine groups is 1. The molecule has 5 heteroatoms. The number of carbonyl (C=O) groups excluding carboxylic acids is 1. The molecule has 88 valence electrons. The molecule has 0 saturated carbocycles. The zero-order valence-corrected chi connectivity index (χ0v) is 9.28. The number of amides is 1. The third-order valence-electron chi connectivity index (χ3n) is 2.98. The molecule has 1 rings (SSSR count). The molecule has 1 amide bonds. The van der Waals surface area contributed by atoms with E-state index in [-0.39, 0.29) is 18.4 Å². The van der Waals surface area contributed by atoms with Crippen LogP contribution in [-0.2, 0) is 4.79 Å². The first-order valence-electron chi connectivity index (χ1n) is 5.51. The Bertz CT molecular complexity index is 211. The number of nitrogens with one attached hydrogen (secondary N) is 1. The van der Waals surface area contributed by atoms with E-state index in [2.05, 4.69) is 10.3 Å². The van der Waals surface area contributed by atoms with Crippen molar-refractivity contribution in [2.45, 2.75) is 19.8 Å². The van der Waals surface area contributed by atoms with Crippen molar-refractivity contribution in [3.63, 3.8) is 0 Å². The molecule has 0 radical (unpaired) electrons. The van der Waals surface area contributed by atoms with Gasteiger partial charge in [-0.05, 0) is 25.3 Å². The van der Waals surface area contributed by atoms with Crippen molar-refractivity contribution in [1.82, 2.24) is 10.3 Å². The van der Waals surface area contributed by atoms with E-state index in [0.29, 0.717) is 5.92 Å². The Morgan fingerprint density at radius 2 is 2.47 bits per heavy atom. The van der Waals surface area contributed by atoms with E-state index in [4.69, 9.17) is 10.9 Å². The first-order chi connectivity index (χ1) is 7.17. The summed E-state index contributed by atoms with van der Waals surface area (Å²) in [6.45, 7) is 4.73. The van der Waals surface area contributed by atoms with Gasteiger partial charge in [0.25, 0.3) is 0 Å². The zero-order valence-electron chi connectivity index (χ0n) is 9.28. The monoisotopic (exact) mass is 215 g/mol. The van der Waals surface area contributed by atoms with Gasteiger partial charge in [-0.1, -0.05) is 6.92 Å². The molecule has 1 aliphatic heterocycles. The van der Waals surface area contributed by atoms with Gasteiger partial charge in [0.15, 0.2) is 0 Å². The van der Waals surface area contributed by atoms with E-state index in [1.165, 1.54) is 0 Å². The van der Waals surface area contributed by atoms with Crippen molar-refractivity contribution in [2.75, 3.05) is 26.2 Å². The molecule has 1 heterocycles. The lowest BCUT2D eigenvalue weighted by Crippen LogP contribution is -2.44. The number of rotatable bonds is 4. The van der Waals surface area contributed by atoms with Crippen molar-refractivity contribution >= 4 is 5.91 Å². The van der Waals surface area contributed by atoms with Gasteiger partial charge in [0.2, 0.25) is 5.91 Å². The molecular weight excluding hydrogens is 194 g/mol. The van der Waals surface area contributed by atoms with Gasteiger partial charge in [0, 0.05) is 25.6 Å². The molecule has 0 spiro atoms. The van der Waals surface area contributed by atoms with Crippen molar-refractivity contribution in [3.05, 3.63) is 0 Å². The molecule has 0 aromatic rings. The predicted molar refractivity (Wildman–Crippen MR) is 57.7 cm³/mol. The van der Waals surface area contributed by atoms with Crippen LogP contribution in [-0.4, -0.2) is 42.2 Å². The van der Waals surface area contributed by atoms with Gasteiger partial charge in [0.1, 0.15) is 0 Å². The summed E-state index contributed by atoms with van der Waals surface area (Å²) in [7, 11) is 0. The quantitative estimate of drug-likeness (QED) is 0.330. The molecule has 0 aromatic carbocycles. The molecule has 0 bridgehead atoms. The lowest BCUT2D eigenvalue weighted by Gasteiger charge is -2.33. The summed E-state index contributed by atoms with van der Waals surface area (Å²) in [6.07, 6.45) is 2.19. The van der Waals surface area contributed by atoms with Crippen LogP contribution in [0, 0.1) is 11.8 Å². The standard InChI is InChI=1S/C10H21N3O2/c1-8(10(15)12-11)5-13-4-2-3-9(6-13)7-14/h8-9,14H,2-7,11H2,1H3,(H,12,15). The normalized spacial score (nSPS) is 24.9. The lowest BCUT2D eigenvalue weighted by atomic mass is 9.98. The first-order valence-corrected chi connectivity index (χ1v) is 5.51. The van der Waals surface area contributed by atoms with Crippen LogP contribution in [0.1, 0.15) is 19.8 Å². The topological polar surface area (TPSA) is 78.6 Å². The summed E-state index contributed by atoms with van der Waals surface area (Å²) in [5.41, 5.74) is 2.16. The summed E-state index contributed by atoms with van der Waals surface area (Å²) in [4.78, 5) is 13.5. The second-order valence-corrected chi connectivity index (χ2v) is 4.36. The van der Waals surface area contributed by atoms with Crippen molar-refractivity contribution in [2.24, 2.45) is 17.7 Å². The highest BCUT2D eigenvalue weighted by Crippen LogP contribution is 2.16. The maximum atomic E-state index is 11.2. The molecule has 1 fully saturated rings. The highest BCUT2D eigenvalue weighted by molar-refractivity contribution is 5.77. The molecule has 2 atom stereocenters. The van der Waals surface area contributed by atoms with E-state index in [9.17, 15) is 4.79 Å². The van der Waals surface area contributed by atoms with E-state index in [1.807, 2.05) is 6.92 Å². The Morgan fingerprint density at radius 3 is 3.07 bits per heavy atom. The summed E-state index contributed by atoms with van der Waals surface area (Å²) >= 11 is 0. The molecular formula is C10H21N3O2. The van der Waals surface area contributed by atoms with E-state index in [0.717, 1.165) is 32.5 Å². The molecule has 5 nitrogen and oxygen atoms in total. The SMILES string of the molecule is CC(CN1CCCC(CO)C1)C(=O)NN. The Balaban J connectivity index is 2.34.